The second kappa shape index (κ2) is 3.64. The normalized spacial score (nSPS) is 10.3. The van der Waals surface area contributed by atoms with Crippen LogP contribution in [0.5, 0.6) is 0 Å². The first kappa shape index (κ1) is 9.57. The Morgan fingerprint density at radius 1 is 1.47 bits per heavy atom. The maximum Gasteiger partial charge on any atom is 0.245 e. The molecule has 15 heavy (non-hydrogen) atoms. The SMILES string of the molecule is Cc1cc(Nc2nc(N(C)C)n[nH]2)co1. The molecule has 6 nitrogen and oxygen atoms in total. The smallest absolute Gasteiger partial charge is 0.245 e. The lowest BCUT2D eigenvalue weighted by Gasteiger charge is -2.03. The first-order chi connectivity index (χ1) is 7.15. The van der Waals surface area contributed by atoms with E-state index in [0.29, 0.717) is 11.9 Å². The van der Waals surface area contributed by atoms with Crippen LogP contribution in [0.3, 0.4) is 0 Å². The monoisotopic (exact) mass is 207 g/mol. The van der Waals surface area contributed by atoms with Crippen molar-refractivity contribution >= 4 is 17.6 Å². The molecule has 0 saturated heterocycles. The van der Waals surface area contributed by atoms with Crippen LogP contribution < -0.4 is 10.2 Å². The zero-order valence-electron chi connectivity index (χ0n) is 8.90. The van der Waals surface area contributed by atoms with Crippen molar-refractivity contribution in [2.45, 2.75) is 6.92 Å². The minimum absolute atomic E-state index is 0.597. The van der Waals surface area contributed by atoms with Crippen molar-refractivity contribution in [3.63, 3.8) is 0 Å². The number of aromatic amines is 1. The number of nitrogens with one attached hydrogen (secondary N) is 2. The lowest BCUT2D eigenvalue weighted by molar-refractivity contribution is 0.535. The summed E-state index contributed by atoms with van der Waals surface area (Å²) >= 11 is 0. The molecule has 0 aliphatic carbocycles. The van der Waals surface area contributed by atoms with Crippen LogP contribution in [-0.4, -0.2) is 29.3 Å². The Morgan fingerprint density at radius 2 is 2.27 bits per heavy atom. The van der Waals surface area contributed by atoms with E-state index in [-0.39, 0.29) is 0 Å². The molecule has 0 aliphatic rings. The minimum Gasteiger partial charge on any atom is -0.467 e. The zero-order chi connectivity index (χ0) is 10.8. The molecule has 0 saturated carbocycles. The highest BCUT2D eigenvalue weighted by Gasteiger charge is 2.05. The molecule has 2 aromatic heterocycles. The van der Waals surface area contributed by atoms with Gasteiger partial charge >= 0.3 is 0 Å². The van der Waals surface area contributed by atoms with Crippen LogP contribution in [0.1, 0.15) is 5.76 Å². The number of rotatable bonds is 3. The second-order valence-corrected chi connectivity index (χ2v) is 3.45. The molecule has 0 amide bonds. The van der Waals surface area contributed by atoms with Gasteiger partial charge in [0.05, 0.1) is 5.69 Å². The quantitative estimate of drug-likeness (QED) is 0.798. The van der Waals surface area contributed by atoms with E-state index in [2.05, 4.69) is 20.5 Å². The van der Waals surface area contributed by atoms with Gasteiger partial charge in [-0.3, -0.25) is 0 Å². The summed E-state index contributed by atoms with van der Waals surface area (Å²) in [5.41, 5.74) is 0.856. The van der Waals surface area contributed by atoms with Crippen LogP contribution in [0.4, 0.5) is 17.6 Å². The average Bonchev–Trinajstić information content (AvgIpc) is 2.76. The minimum atomic E-state index is 0.597. The largest absolute Gasteiger partial charge is 0.467 e. The highest BCUT2D eigenvalue weighted by Crippen LogP contribution is 2.16. The molecule has 2 heterocycles. The maximum absolute atomic E-state index is 5.16. The van der Waals surface area contributed by atoms with Gasteiger partial charge in [0.25, 0.3) is 0 Å². The maximum atomic E-state index is 5.16. The van der Waals surface area contributed by atoms with E-state index in [0.717, 1.165) is 11.4 Å². The fourth-order valence-electron chi connectivity index (χ4n) is 1.15. The molecule has 6 heteroatoms. The van der Waals surface area contributed by atoms with Crippen LogP contribution in [0, 0.1) is 6.92 Å². The second-order valence-electron chi connectivity index (χ2n) is 3.45. The third-order valence-electron chi connectivity index (χ3n) is 1.87. The van der Waals surface area contributed by atoms with Gasteiger partial charge in [0.2, 0.25) is 11.9 Å². The number of hydrogen-bond donors (Lipinski definition) is 2. The molecule has 0 bridgehead atoms. The Balaban J connectivity index is 2.11. The van der Waals surface area contributed by atoms with Crippen LogP contribution in [0.25, 0.3) is 0 Å². The topological polar surface area (TPSA) is 70.0 Å². The summed E-state index contributed by atoms with van der Waals surface area (Å²) < 4.78 is 5.16. The molecule has 0 aliphatic heterocycles. The number of aromatic nitrogens is 3. The summed E-state index contributed by atoms with van der Waals surface area (Å²) in [6.45, 7) is 1.89. The first-order valence-corrected chi connectivity index (χ1v) is 4.57. The molecule has 0 fully saturated rings. The van der Waals surface area contributed by atoms with Gasteiger partial charge in [-0.25, -0.2) is 5.10 Å². The number of H-pyrrole nitrogens is 1. The molecule has 80 valence electrons. The van der Waals surface area contributed by atoms with E-state index in [4.69, 9.17) is 4.42 Å². The molecular weight excluding hydrogens is 194 g/mol. The van der Waals surface area contributed by atoms with Gasteiger partial charge in [0, 0.05) is 20.2 Å². The number of hydrogen-bond acceptors (Lipinski definition) is 5. The Hall–Kier alpha value is -1.98. The predicted molar refractivity (Wildman–Crippen MR) is 57.4 cm³/mol. The first-order valence-electron chi connectivity index (χ1n) is 4.57. The lowest BCUT2D eigenvalue weighted by Crippen LogP contribution is -2.10. The molecule has 0 atom stereocenters. The summed E-state index contributed by atoms with van der Waals surface area (Å²) in [4.78, 5) is 6.04. The van der Waals surface area contributed by atoms with Gasteiger partial charge in [-0.05, 0) is 6.92 Å². The third kappa shape index (κ3) is 2.09. The van der Waals surface area contributed by atoms with Crippen molar-refractivity contribution < 1.29 is 4.42 Å². The standard InChI is InChI=1S/C9H13N5O/c1-6-4-7(5-15-6)10-8-11-9(13-12-8)14(2)3/h4-5H,1-3H3,(H2,10,11,12,13). The Morgan fingerprint density at radius 3 is 2.80 bits per heavy atom. The van der Waals surface area contributed by atoms with Crippen molar-refractivity contribution in [1.29, 1.82) is 0 Å². The predicted octanol–water partition coefficient (Wildman–Crippen LogP) is 1.52. The summed E-state index contributed by atoms with van der Waals surface area (Å²) in [6, 6.07) is 1.89. The summed E-state index contributed by atoms with van der Waals surface area (Å²) in [5, 5.41) is 9.86. The summed E-state index contributed by atoms with van der Waals surface area (Å²) in [5.74, 6) is 2.09. The van der Waals surface area contributed by atoms with E-state index in [1.54, 1.807) is 6.26 Å². The highest BCUT2D eigenvalue weighted by molar-refractivity contribution is 5.52. The average molecular weight is 207 g/mol. The molecule has 2 aromatic rings. The molecular formula is C9H13N5O. The van der Waals surface area contributed by atoms with Gasteiger partial charge in [0.1, 0.15) is 12.0 Å². The van der Waals surface area contributed by atoms with Crippen LogP contribution in [-0.2, 0) is 0 Å². The van der Waals surface area contributed by atoms with Crippen molar-refractivity contribution in [3.05, 3.63) is 18.1 Å². The number of aryl methyl sites for hydroxylation is 1. The fourth-order valence-corrected chi connectivity index (χ4v) is 1.15. The van der Waals surface area contributed by atoms with Gasteiger partial charge < -0.3 is 14.6 Å². The molecule has 0 radical (unpaired) electrons. The van der Waals surface area contributed by atoms with Crippen molar-refractivity contribution in [2.24, 2.45) is 0 Å². The summed E-state index contributed by atoms with van der Waals surface area (Å²) in [6.07, 6.45) is 1.63. The lowest BCUT2D eigenvalue weighted by atomic mass is 10.4. The molecule has 2 N–H and O–H groups in total. The summed E-state index contributed by atoms with van der Waals surface area (Å²) in [7, 11) is 3.77. The van der Waals surface area contributed by atoms with Crippen molar-refractivity contribution in [3.8, 4) is 0 Å². The zero-order valence-corrected chi connectivity index (χ0v) is 8.90. The third-order valence-corrected chi connectivity index (χ3v) is 1.87. The van der Waals surface area contributed by atoms with E-state index in [1.165, 1.54) is 0 Å². The van der Waals surface area contributed by atoms with E-state index in [1.807, 2.05) is 32.0 Å². The number of nitrogens with zero attached hydrogens (tertiary/aromatic N) is 3. The van der Waals surface area contributed by atoms with Crippen molar-refractivity contribution in [2.75, 3.05) is 24.3 Å². The Labute approximate surface area is 87.3 Å². The molecule has 0 spiro atoms. The molecule has 2 rings (SSSR count). The Kier molecular flexibility index (Phi) is 2.32. The molecule has 0 unspecified atom stereocenters. The van der Waals surface area contributed by atoms with E-state index in [9.17, 15) is 0 Å². The molecule has 0 aromatic carbocycles. The number of anilines is 3. The van der Waals surface area contributed by atoms with Gasteiger partial charge in [-0.15, -0.1) is 5.10 Å². The van der Waals surface area contributed by atoms with Gasteiger partial charge in [0.15, 0.2) is 0 Å². The van der Waals surface area contributed by atoms with Crippen LogP contribution in [0.15, 0.2) is 16.7 Å². The van der Waals surface area contributed by atoms with Crippen LogP contribution in [0.2, 0.25) is 0 Å². The van der Waals surface area contributed by atoms with E-state index < -0.39 is 0 Å². The van der Waals surface area contributed by atoms with Gasteiger partial charge in [-0.2, -0.15) is 4.98 Å². The van der Waals surface area contributed by atoms with Gasteiger partial charge in [-0.1, -0.05) is 0 Å². The number of furan rings is 1. The van der Waals surface area contributed by atoms with Crippen LogP contribution >= 0.6 is 0 Å². The van der Waals surface area contributed by atoms with E-state index >= 15 is 0 Å². The van der Waals surface area contributed by atoms with Crippen molar-refractivity contribution in [1.82, 2.24) is 15.2 Å². The fraction of sp³-hybridized carbons (Fsp3) is 0.333. The highest BCUT2D eigenvalue weighted by atomic mass is 16.3. The Bertz CT molecular complexity index is 445.